The van der Waals surface area contributed by atoms with Crippen LogP contribution in [0.1, 0.15) is 18.4 Å². The van der Waals surface area contributed by atoms with Crippen molar-refractivity contribution in [1.82, 2.24) is 4.98 Å². The minimum atomic E-state index is 1.10. The van der Waals surface area contributed by atoms with Crippen LogP contribution in [0.2, 0.25) is 0 Å². The van der Waals surface area contributed by atoms with Gasteiger partial charge in [0.15, 0.2) is 5.82 Å². The van der Waals surface area contributed by atoms with Crippen LogP contribution in [0.3, 0.4) is 0 Å². The first-order valence-electron chi connectivity index (χ1n) is 5.42. The second-order valence-corrected chi connectivity index (χ2v) is 4.04. The SMILES string of the molecule is c1cc2c(c(N3CCC3)n1)NCCC2. The summed E-state index contributed by atoms with van der Waals surface area (Å²) >= 11 is 0. The van der Waals surface area contributed by atoms with E-state index < -0.39 is 0 Å². The van der Waals surface area contributed by atoms with Crippen molar-refractivity contribution in [2.75, 3.05) is 29.9 Å². The number of nitrogens with one attached hydrogen (secondary N) is 1. The Balaban J connectivity index is 2.01. The molecule has 3 rings (SSSR count). The third-order valence-electron chi connectivity index (χ3n) is 3.10. The first-order valence-corrected chi connectivity index (χ1v) is 5.42. The van der Waals surface area contributed by atoms with Gasteiger partial charge in [-0.2, -0.15) is 0 Å². The zero-order chi connectivity index (χ0) is 9.38. The maximum atomic E-state index is 4.48. The molecule has 1 aromatic heterocycles. The van der Waals surface area contributed by atoms with Gasteiger partial charge >= 0.3 is 0 Å². The fourth-order valence-corrected chi connectivity index (χ4v) is 2.15. The first kappa shape index (κ1) is 8.09. The average molecular weight is 189 g/mol. The van der Waals surface area contributed by atoms with Gasteiger partial charge in [0, 0.05) is 25.8 Å². The number of anilines is 2. The van der Waals surface area contributed by atoms with Crippen molar-refractivity contribution in [1.29, 1.82) is 0 Å². The van der Waals surface area contributed by atoms with Crippen LogP contribution in [0.4, 0.5) is 11.5 Å². The highest BCUT2D eigenvalue weighted by molar-refractivity contribution is 5.71. The molecule has 0 bridgehead atoms. The molecular weight excluding hydrogens is 174 g/mol. The Bertz CT molecular complexity index is 344. The van der Waals surface area contributed by atoms with E-state index in [1.54, 1.807) is 0 Å². The number of nitrogens with zero attached hydrogens (tertiary/aromatic N) is 2. The van der Waals surface area contributed by atoms with E-state index in [0.29, 0.717) is 0 Å². The predicted molar refractivity (Wildman–Crippen MR) is 57.9 cm³/mol. The smallest absolute Gasteiger partial charge is 0.152 e. The third kappa shape index (κ3) is 1.15. The highest BCUT2D eigenvalue weighted by Crippen LogP contribution is 2.32. The Labute approximate surface area is 84.1 Å². The Kier molecular flexibility index (Phi) is 1.82. The van der Waals surface area contributed by atoms with Crippen molar-refractivity contribution in [2.45, 2.75) is 19.3 Å². The second-order valence-electron chi connectivity index (χ2n) is 4.04. The van der Waals surface area contributed by atoms with Crippen LogP contribution in [0.5, 0.6) is 0 Å². The molecule has 0 saturated carbocycles. The van der Waals surface area contributed by atoms with Crippen LogP contribution >= 0.6 is 0 Å². The Hall–Kier alpha value is -1.25. The molecule has 0 atom stereocenters. The molecule has 2 aliphatic heterocycles. The Morgan fingerprint density at radius 3 is 3.00 bits per heavy atom. The number of hydrogen-bond donors (Lipinski definition) is 1. The Morgan fingerprint density at radius 1 is 1.29 bits per heavy atom. The molecule has 0 unspecified atom stereocenters. The molecule has 2 aliphatic rings. The summed E-state index contributed by atoms with van der Waals surface area (Å²) in [7, 11) is 0. The standard InChI is InChI=1S/C11H15N3/c1-3-9-4-6-13-11(10(9)12-5-1)14-7-2-8-14/h4,6,12H,1-3,5,7-8H2. The van der Waals surface area contributed by atoms with E-state index in [2.05, 4.69) is 21.3 Å². The van der Waals surface area contributed by atoms with E-state index >= 15 is 0 Å². The highest BCUT2D eigenvalue weighted by atomic mass is 15.2. The van der Waals surface area contributed by atoms with Crippen LogP contribution in [0, 0.1) is 0 Å². The summed E-state index contributed by atoms with van der Waals surface area (Å²) in [5.41, 5.74) is 2.73. The largest absolute Gasteiger partial charge is 0.382 e. The lowest BCUT2D eigenvalue weighted by Crippen LogP contribution is -2.38. The molecule has 1 saturated heterocycles. The van der Waals surface area contributed by atoms with E-state index in [0.717, 1.165) is 6.54 Å². The number of aryl methyl sites for hydroxylation is 1. The van der Waals surface area contributed by atoms with E-state index in [9.17, 15) is 0 Å². The summed E-state index contributed by atoms with van der Waals surface area (Å²) in [6.07, 6.45) is 5.70. The quantitative estimate of drug-likeness (QED) is 0.728. The summed E-state index contributed by atoms with van der Waals surface area (Å²) in [6, 6.07) is 2.14. The van der Waals surface area contributed by atoms with Gasteiger partial charge in [-0.15, -0.1) is 0 Å². The fraction of sp³-hybridized carbons (Fsp3) is 0.545. The molecule has 3 heteroatoms. The minimum absolute atomic E-state index is 1.10. The average Bonchev–Trinajstić information content (AvgIpc) is 2.16. The van der Waals surface area contributed by atoms with E-state index in [1.165, 1.54) is 49.4 Å². The fourth-order valence-electron chi connectivity index (χ4n) is 2.15. The molecular formula is C11H15N3. The van der Waals surface area contributed by atoms with Crippen LogP contribution in [-0.4, -0.2) is 24.6 Å². The second kappa shape index (κ2) is 3.15. The molecule has 0 amide bonds. The van der Waals surface area contributed by atoms with Gasteiger partial charge in [-0.25, -0.2) is 4.98 Å². The van der Waals surface area contributed by atoms with Crippen molar-refractivity contribution in [3.05, 3.63) is 17.8 Å². The van der Waals surface area contributed by atoms with Crippen LogP contribution < -0.4 is 10.2 Å². The third-order valence-corrected chi connectivity index (χ3v) is 3.10. The molecule has 0 radical (unpaired) electrons. The molecule has 14 heavy (non-hydrogen) atoms. The molecule has 0 spiro atoms. The van der Waals surface area contributed by atoms with Crippen molar-refractivity contribution >= 4 is 11.5 Å². The Morgan fingerprint density at radius 2 is 2.21 bits per heavy atom. The molecule has 1 fully saturated rings. The normalized spacial score (nSPS) is 19.6. The summed E-state index contributed by atoms with van der Waals surface area (Å²) in [5.74, 6) is 1.17. The summed E-state index contributed by atoms with van der Waals surface area (Å²) < 4.78 is 0. The lowest BCUT2D eigenvalue weighted by Gasteiger charge is -2.35. The predicted octanol–water partition coefficient (Wildman–Crippen LogP) is 1.65. The van der Waals surface area contributed by atoms with Gasteiger partial charge < -0.3 is 10.2 Å². The summed E-state index contributed by atoms with van der Waals surface area (Å²) in [4.78, 5) is 6.84. The van der Waals surface area contributed by atoms with Crippen molar-refractivity contribution in [3.63, 3.8) is 0 Å². The topological polar surface area (TPSA) is 28.2 Å². The summed E-state index contributed by atoms with van der Waals surface area (Å²) in [6.45, 7) is 3.44. The van der Waals surface area contributed by atoms with Gasteiger partial charge in [-0.05, 0) is 30.9 Å². The van der Waals surface area contributed by atoms with Crippen LogP contribution in [-0.2, 0) is 6.42 Å². The molecule has 0 aromatic carbocycles. The molecule has 3 heterocycles. The van der Waals surface area contributed by atoms with Crippen LogP contribution in [0.15, 0.2) is 12.3 Å². The number of pyridine rings is 1. The number of aromatic nitrogens is 1. The van der Waals surface area contributed by atoms with Gasteiger partial charge in [0.1, 0.15) is 0 Å². The maximum absolute atomic E-state index is 4.48. The zero-order valence-corrected chi connectivity index (χ0v) is 8.29. The number of hydrogen-bond acceptors (Lipinski definition) is 3. The van der Waals surface area contributed by atoms with Gasteiger partial charge in [0.25, 0.3) is 0 Å². The lowest BCUT2D eigenvalue weighted by atomic mass is 10.0. The van der Waals surface area contributed by atoms with Gasteiger partial charge in [0.2, 0.25) is 0 Å². The molecule has 0 aliphatic carbocycles. The van der Waals surface area contributed by atoms with Crippen LogP contribution in [0.25, 0.3) is 0 Å². The highest BCUT2D eigenvalue weighted by Gasteiger charge is 2.21. The van der Waals surface area contributed by atoms with Gasteiger partial charge in [0.05, 0.1) is 5.69 Å². The van der Waals surface area contributed by atoms with Crippen molar-refractivity contribution in [3.8, 4) is 0 Å². The number of fused-ring (bicyclic) bond motifs is 1. The summed E-state index contributed by atoms with van der Waals surface area (Å²) in [5, 5.41) is 3.48. The minimum Gasteiger partial charge on any atom is -0.382 e. The van der Waals surface area contributed by atoms with Crippen molar-refractivity contribution < 1.29 is 0 Å². The van der Waals surface area contributed by atoms with Crippen molar-refractivity contribution in [2.24, 2.45) is 0 Å². The van der Waals surface area contributed by atoms with E-state index in [4.69, 9.17) is 0 Å². The van der Waals surface area contributed by atoms with E-state index in [-0.39, 0.29) is 0 Å². The zero-order valence-electron chi connectivity index (χ0n) is 8.29. The van der Waals surface area contributed by atoms with Gasteiger partial charge in [-0.3, -0.25) is 0 Å². The molecule has 3 nitrogen and oxygen atoms in total. The molecule has 1 aromatic rings. The lowest BCUT2D eigenvalue weighted by molar-refractivity contribution is 0.609. The first-order chi connectivity index (χ1) is 6.95. The molecule has 1 N–H and O–H groups in total. The maximum Gasteiger partial charge on any atom is 0.152 e. The number of rotatable bonds is 1. The van der Waals surface area contributed by atoms with Gasteiger partial charge in [-0.1, -0.05) is 0 Å². The van der Waals surface area contributed by atoms with E-state index in [1.807, 2.05) is 6.20 Å². The monoisotopic (exact) mass is 189 g/mol. The molecule has 74 valence electrons.